The van der Waals surface area contributed by atoms with E-state index in [2.05, 4.69) is 4.99 Å². The molecule has 0 saturated heterocycles. The molecule has 138 valence electrons. The van der Waals surface area contributed by atoms with E-state index in [4.69, 9.17) is 4.74 Å². The molecule has 2 aromatic rings. The third-order valence-corrected chi connectivity index (χ3v) is 4.46. The van der Waals surface area contributed by atoms with Crippen LogP contribution in [0.2, 0.25) is 0 Å². The molecule has 0 radical (unpaired) electrons. The number of non-ortho nitro benzene ring substituents is 1. The Morgan fingerprint density at radius 3 is 2.59 bits per heavy atom. The molecule has 1 unspecified atom stereocenters. The van der Waals surface area contributed by atoms with Crippen molar-refractivity contribution in [1.29, 1.82) is 0 Å². The van der Waals surface area contributed by atoms with E-state index in [9.17, 15) is 20.0 Å². The number of ether oxygens (including phenoxy) is 1. The minimum atomic E-state index is -0.529. The van der Waals surface area contributed by atoms with Gasteiger partial charge in [-0.15, -0.1) is 0 Å². The molecule has 0 aromatic heterocycles. The summed E-state index contributed by atoms with van der Waals surface area (Å²) in [6.45, 7) is 0. The molecule has 7 heteroatoms. The molecule has 0 saturated carbocycles. The van der Waals surface area contributed by atoms with E-state index in [-0.39, 0.29) is 40.9 Å². The molecule has 0 heterocycles. The summed E-state index contributed by atoms with van der Waals surface area (Å²) in [5.74, 6) is -0.0577. The van der Waals surface area contributed by atoms with Gasteiger partial charge in [-0.1, -0.05) is 30.3 Å². The molecule has 27 heavy (non-hydrogen) atoms. The Morgan fingerprint density at radius 2 is 1.96 bits per heavy atom. The normalized spacial score (nSPS) is 17.4. The second-order valence-electron chi connectivity index (χ2n) is 6.17. The zero-order valence-electron chi connectivity index (χ0n) is 14.7. The molecule has 0 amide bonds. The predicted molar refractivity (Wildman–Crippen MR) is 101 cm³/mol. The highest BCUT2D eigenvalue weighted by Crippen LogP contribution is 2.34. The number of aliphatic hydroxyl groups excluding tert-OH is 1. The van der Waals surface area contributed by atoms with Crippen LogP contribution in [0.4, 0.5) is 11.4 Å². The van der Waals surface area contributed by atoms with Gasteiger partial charge in [0.15, 0.2) is 11.5 Å². The van der Waals surface area contributed by atoms with Crippen LogP contribution in [-0.2, 0) is 4.79 Å². The second kappa shape index (κ2) is 7.82. The van der Waals surface area contributed by atoms with Crippen LogP contribution >= 0.6 is 0 Å². The fraction of sp³-hybridized carbons (Fsp3) is 0.200. The summed E-state index contributed by atoms with van der Waals surface area (Å²) < 4.78 is 5.12. The van der Waals surface area contributed by atoms with Crippen LogP contribution in [0.3, 0.4) is 0 Å². The highest BCUT2D eigenvalue weighted by molar-refractivity contribution is 6.15. The van der Waals surface area contributed by atoms with Crippen molar-refractivity contribution >= 4 is 23.4 Å². The number of aliphatic hydroxyl groups is 1. The van der Waals surface area contributed by atoms with Gasteiger partial charge in [0, 0.05) is 25.1 Å². The Balaban J connectivity index is 1.85. The van der Waals surface area contributed by atoms with Gasteiger partial charge in [-0.05, 0) is 17.5 Å². The number of hydrogen-bond donors (Lipinski definition) is 1. The Labute approximate surface area is 155 Å². The maximum atomic E-state index is 12.5. The van der Waals surface area contributed by atoms with Gasteiger partial charge in [0.2, 0.25) is 0 Å². The van der Waals surface area contributed by atoms with Gasteiger partial charge in [0.05, 0.1) is 23.7 Å². The number of Topliss-reactive ketones (excluding diaryl/α,β-unsaturated/α-hetero) is 1. The highest BCUT2D eigenvalue weighted by atomic mass is 16.6. The van der Waals surface area contributed by atoms with Crippen molar-refractivity contribution in [2.45, 2.75) is 18.8 Å². The first-order valence-corrected chi connectivity index (χ1v) is 8.36. The molecule has 7 nitrogen and oxygen atoms in total. The molecule has 1 atom stereocenters. The lowest BCUT2D eigenvalue weighted by atomic mass is 9.83. The molecule has 2 aromatic carbocycles. The number of allylic oxidation sites excluding steroid dienone is 2. The van der Waals surface area contributed by atoms with E-state index in [1.54, 1.807) is 0 Å². The van der Waals surface area contributed by atoms with Crippen molar-refractivity contribution in [2.75, 3.05) is 7.11 Å². The largest absolute Gasteiger partial charge is 0.511 e. The van der Waals surface area contributed by atoms with Crippen molar-refractivity contribution in [2.24, 2.45) is 4.99 Å². The number of hydrogen-bond acceptors (Lipinski definition) is 6. The van der Waals surface area contributed by atoms with Crippen LogP contribution in [0, 0.1) is 10.1 Å². The molecule has 0 bridgehead atoms. The topological polar surface area (TPSA) is 102 Å². The SMILES string of the molecule is COc1cc([N+](=O)[O-])ccc1N=CC1=C(O)CC(c2ccccc2)CC1=O. The van der Waals surface area contributed by atoms with E-state index in [1.165, 1.54) is 31.5 Å². The standard InChI is InChI=1S/C20H18N2O5/c1-27-20-11-15(22(25)26)7-8-17(20)21-12-16-18(23)9-14(10-19(16)24)13-5-3-2-4-6-13/h2-8,11-12,14,23H,9-10H2,1H3. The van der Waals surface area contributed by atoms with Crippen molar-refractivity contribution in [1.82, 2.24) is 0 Å². The van der Waals surface area contributed by atoms with Gasteiger partial charge in [0.1, 0.15) is 11.4 Å². The zero-order valence-corrected chi connectivity index (χ0v) is 14.7. The van der Waals surface area contributed by atoms with Crippen molar-refractivity contribution < 1.29 is 19.6 Å². The number of carbonyl (C=O) groups excluding carboxylic acids is 1. The fourth-order valence-electron chi connectivity index (χ4n) is 3.04. The zero-order chi connectivity index (χ0) is 19.4. The van der Waals surface area contributed by atoms with E-state index in [1.807, 2.05) is 30.3 Å². The van der Waals surface area contributed by atoms with Crippen LogP contribution < -0.4 is 4.74 Å². The quantitative estimate of drug-likeness (QED) is 0.484. The van der Waals surface area contributed by atoms with E-state index in [0.717, 1.165) is 5.56 Å². The minimum absolute atomic E-state index is 0.00951. The van der Waals surface area contributed by atoms with E-state index < -0.39 is 4.92 Å². The molecular formula is C20H18N2O5. The number of aliphatic imine (C=N–C) groups is 1. The van der Waals surface area contributed by atoms with Crippen molar-refractivity contribution in [3.63, 3.8) is 0 Å². The second-order valence-corrected chi connectivity index (χ2v) is 6.17. The van der Waals surface area contributed by atoms with Crippen LogP contribution in [0.25, 0.3) is 0 Å². The predicted octanol–water partition coefficient (Wildman–Crippen LogP) is 4.26. The fourth-order valence-corrected chi connectivity index (χ4v) is 3.04. The summed E-state index contributed by atoms with van der Waals surface area (Å²) in [5.41, 5.74) is 1.38. The average molecular weight is 366 g/mol. The lowest BCUT2D eigenvalue weighted by Crippen LogP contribution is -2.19. The van der Waals surface area contributed by atoms with Crippen LogP contribution in [-0.4, -0.2) is 29.1 Å². The molecule has 3 rings (SSSR count). The molecule has 1 N–H and O–H groups in total. The van der Waals surface area contributed by atoms with Crippen LogP contribution in [0.1, 0.15) is 24.3 Å². The van der Waals surface area contributed by atoms with Crippen molar-refractivity contribution in [3.8, 4) is 5.75 Å². The van der Waals surface area contributed by atoms with Gasteiger partial charge >= 0.3 is 0 Å². The minimum Gasteiger partial charge on any atom is -0.511 e. The summed E-state index contributed by atoms with van der Waals surface area (Å²) in [7, 11) is 1.38. The van der Waals surface area contributed by atoms with Gasteiger partial charge < -0.3 is 9.84 Å². The number of carbonyl (C=O) groups is 1. The summed E-state index contributed by atoms with van der Waals surface area (Å²) in [4.78, 5) is 27.0. The Morgan fingerprint density at radius 1 is 1.22 bits per heavy atom. The number of nitrogens with zero attached hydrogens (tertiary/aromatic N) is 2. The summed E-state index contributed by atoms with van der Waals surface area (Å²) in [6.07, 6.45) is 1.93. The lowest BCUT2D eigenvalue weighted by Gasteiger charge is -2.22. The lowest BCUT2D eigenvalue weighted by molar-refractivity contribution is -0.384. The summed E-state index contributed by atoms with van der Waals surface area (Å²) in [5, 5.41) is 21.2. The third kappa shape index (κ3) is 4.03. The number of nitro benzene ring substituents is 1. The van der Waals surface area contributed by atoms with Gasteiger partial charge in [-0.3, -0.25) is 19.9 Å². The first-order chi connectivity index (χ1) is 13.0. The molecule has 1 aliphatic carbocycles. The van der Waals surface area contributed by atoms with Gasteiger partial charge in [-0.2, -0.15) is 0 Å². The molecule has 0 aliphatic heterocycles. The number of methoxy groups -OCH3 is 1. The summed E-state index contributed by atoms with van der Waals surface area (Å²) >= 11 is 0. The smallest absolute Gasteiger partial charge is 0.273 e. The van der Waals surface area contributed by atoms with Crippen LogP contribution in [0.5, 0.6) is 5.75 Å². The van der Waals surface area contributed by atoms with Crippen molar-refractivity contribution in [3.05, 3.63) is 75.5 Å². The Bertz CT molecular complexity index is 935. The maximum absolute atomic E-state index is 12.5. The number of benzene rings is 2. The monoisotopic (exact) mass is 366 g/mol. The molecule has 0 fully saturated rings. The van der Waals surface area contributed by atoms with Gasteiger partial charge in [-0.25, -0.2) is 0 Å². The third-order valence-electron chi connectivity index (χ3n) is 4.46. The Kier molecular flexibility index (Phi) is 5.30. The summed E-state index contributed by atoms with van der Waals surface area (Å²) in [6, 6.07) is 13.6. The van der Waals surface area contributed by atoms with E-state index >= 15 is 0 Å². The number of rotatable bonds is 5. The average Bonchev–Trinajstić information content (AvgIpc) is 2.67. The maximum Gasteiger partial charge on any atom is 0.273 e. The van der Waals surface area contributed by atoms with Gasteiger partial charge in [0.25, 0.3) is 5.69 Å². The Hall–Kier alpha value is -3.48. The van der Waals surface area contributed by atoms with Crippen LogP contribution in [0.15, 0.2) is 64.9 Å². The molecule has 1 aliphatic rings. The first kappa shape index (κ1) is 18.3. The highest BCUT2D eigenvalue weighted by Gasteiger charge is 2.27. The number of ketones is 1. The molecular weight excluding hydrogens is 348 g/mol. The molecule has 0 spiro atoms. The number of nitro groups is 1. The van der Waals surface area contributed by atoms with E-state index in [0.29, 0.717) is 12.1 Å². The first-order valence-electron chi connectivity index (χ1n) is 8.36.